The normalized spacial score (nSPS) is 11.9. The standard InChI is InChI=1S/C14H16N4O3/c1-9-15-13(18-17-9)14(21)16-11(7-8-12(19)20)10-5-3-2-4-6-10/h2-6,11H,7-8H2,1H3,(H,16,21)(H,19,20)(H,15,17,18). The molecular weight excluding hydrogens is 272 g/mol. The van der Waals surface area contributed by atoms with Crippen LogP contribution in [0.2, 0.25) is 0 Å². The number of carboxylic acid groups (broad SMARTS) is 1. The van der Waals surface area contributed by atoms with Crippen molar-refractivity contribution in [3.8, 4) is 0 Å². The van der Waals surface area contributed by atoms with Crippen LogP contribution in [0, 0.1) is 6.92 Å². The lowest BCUT2D eigenvalue weighted by Gasteiger charge is -2.17. The van der Waals surface area contributed by atoms with E-state index in [4.69, 9.17) is 5.11 Å². The Morgan fingerprint density at radius 2 is 2.05 bits per heavy atom. The summed E-state index contributed by atoms with van der Waals surface area (Å²) >= 11 is 0. The van der Waals surface area contributed by atoms with E-state index in [1.807, 2.05) is 30.3 Å². The smallest absolute Gasteiger partial charge is 0.303 e. The number of hydrogen-bond donors (Lipinski definition) is 3. The van der Waals surface area contributed by atoms with E-state index in [1.165, 1.54) is 0 Å². The van der Waals surface area contributed by atoms with E-state index in [9.17, 15) is 9.59 Å². The molecule has 0 aliphatic rings. The van der Waals surface area contributed by atoms with Gasteiger partial charge in [0.25, 0.3) is 5.91 Å². The molecule has 1 aromatic carbocycles. The minimum atomic E-state index is -0.904. The molecule has 0 saturated heterocycles. The van der Waals surface area contributed by atoms with Gasteiger partial charge in [-0.1, -0.05) is 30.3 Å². The van der Waals surface area contributed by atoms with Crippen LogP contribution >= 0.6 is 0 Å². The minimum Gasteiger partial charge on any atom is -0.481 e. The fourth-order valence-corrected chi connectivity index (χ4v) is 1.94. The average molecular weight is 288 g/mol. The van der Waals surface area contributed by atoms with Crippen LogP contribution in [0.1, 0.15) is 40.9 Å². The average Bonchev–Trinajstić information content (AvgIpc) is 2.90. The van der Waals surface area contributed by atoms with Crippen LogP contribution in [0.5, 0.6) is 0 Å². The monoisotopic (exact) mass is 288 g/mol. The largest absolute Gasteiger partial charge is 0.481 e. The van der Waals surface area contributed by atoms with Crippen molar-refractivity contribution in [2.24, 2.45) is 0 Å². The minimum absolute atomic E-state index is 0.0349. The van der Waals surface area contributed by atoms with E-state index in [2.05, 4.69) is 20.5 Å². The number of carbonyl (C=O) groups excluding carboxylic acids is 1. The van der Waals surface area contributed by atoms with Gasteiger partial charge in [0, 0.05) is 6.42 Å². The molecule has 1 aromatic heterocycles. The van der Waals surface area contributed by atoms with Crippen molar-refractivity contribution in [1.82, 2.24) is 20.5 Å². The molecule has 110 valence electrons. The lowest BCUT2D eigenvalue weighted by Crippen LogP contribution is -2.30. The Hall–Kier alpha value is -2.70. The highest BCUT2D eigenvalue weighted by Gasteiger charge is 2.19. The molecule has 0 saturated carbocycles. The molecule has 2 aromatic rings. The van der Waals surface area contributed by atoms with Crippen molar-refractivity contribution in [3.05, 3.63) is 47.5 Å². The van der Waals surface area contributed by atoms with Crippen molar-refractivity contribution in [1.29, 1.82) is 0 Å². The second-order valence-corrected chi connectivity index (χ2v) is 4.61. The number of aliphatic carboxylic acids is 1. The van der Waals surface area contributed by atoms with Gasteiger partial charge in [0.05, 0.1) is 6.04 Å². The van der Waals surface area contributed by atoms with E-state index in [1.54, 1.807) is 6.92 Å². The van der Waals surface area contributed by atoms with Gasteiger partial charge in [-0.05, 0) is 18.9 Å². The number of nitrogens with zero attached hydrogens (tertiary/aromatic N) is 2. The summed E-state index contributed by atoms with van der Waals surface area (Å²) in [4.78, 5) is 26.8. The van der Waals surface area contributed by atoms with Crippen molar-refractivity contribution in [3.63, 3.8) is 0 Å². The number of hydrogen-bond acceptors (Lipinski definition) is 4. The van der Waals surface area contributed by atoms with E-state index >= 15 is 0 Å². The maximum Gasteiger partial charge on any atom is 0.303 e. The summed E-state index contributed by atoms with van der Waals surface area (Å²) < 4.78 is 0. The molecule has 0 radical (unpaired) electrons. The molecule has 7 nitrogen and oxygen atoms in total. The van der Waals surface area contributed by atoms with Crippen molar-refractivity contribution in [2.75, 3.05) is 0 Å². The molecule has 3 N–H and O–H groups in total. The lowest BCUT2D eigenvalue weighted by molar-refractivity contribution is -0.137. The van der Waals surface area contributed by atoms with Crippen LogP contribution in [-0.2, 0) is 4.79 Å². The first-order chi connectivity index (χ1) is 10.1. The zero-order valence-electron chi connectivity index (χ0n) is 11.5. The number of aromatic amines is 1. The molecule has 0 spiro atoms. The molecular formula is C14H16N4O3. The van der Waals surface area contributed by atoms with Gasteiger partial charge in [-0.15, -0.1) is 5.10 Å². The van der Waals surface area contributed by atoms with Crippen LogP contribution < -0.4 is 5.32 Å². The van der Waals surface area contributed by atoms with Crippen LogP contribution in [0.3, 0.4) is 0 Å². The summed E-state index contributed by atoms with van der Waals surface area (Å²) in [5.41, 5.74) is 0.847. The number of aryl methyl sites for hydroxylation is 1. The van der Waals surface area contributed by atoms with Crippen LogP contribution in [0.4, 0.5) is 0 Å². The molecule has 1 amide bonds. The van der Waals surface area contributed by atoms with Gasteiger partial charge >= 0.3 is 5.97 Å². The maximum atomic E-state index is 12.1. The lowest BCUT2D eigenvalue weighted by atomic mass is 10.0. The Morgan fingerprint density at radius 3 is 2.62 bits per heavy atom. The fraction of sp³-hybridized carbons (Fsp3) is 0.286. The van der Waals surface area contributed by atoms with E-state index in [0.29, 0.717) is 12.2 Å². The number of benzene rings is 1. The number of H-pyrrole nitrogens is 1. The maximum absolute atomic E-state index is 12.1. The molecule has 21 heavy (non-hydrogen) atoms. The first kappa shape index (κ1) is 14.7. The predicted octanol–water partition coefficient (Wildman–Crippen LogP) is 1.45. The number of amides is 1. The fourth-order valence-electron chi connectivity index (χ4n) is 1.94. The number of carbonyl (C=O) groups is 2. The zero-order valence-corrected chi connectivity index (χ0v) is 11.5. The summed E-state index contributed by atoms with van der Waals surface area (Å²) in [5.74, 6) is -0.747. The third-order valence-electron chi connectivity index (χ3n) is 2.95. The Morgan fingerprint density at radius 1 is 1.33 bits per heavy atom. The van der Waals surface area contributed by atoms with E-state index < -0.39 is 17.9 Å². The first-order valence-corrected chi connectivity index (χ1v) is 6.53. The Labute approximate surface area is 121 Å². The summed E-state index contributed by atoms with van der Waals surface area (Å²) in [6.45, 7) is 1.70. The Balaban J connectivity index is 2.12. The second-order valence-electron chi connectivity index (χ2n) is 4.61. The molecule has 0 fully saturated rings. The van der Waals surface area contributed by atoms with Gasteiger partial charge in [0.2, 0.25) is 5.82 Å². The highest BCUT2D eigenvalue weighted by Crippen LogP contribution is 2.18. The Bertz CT molecular complexity index is 624. The molecule has 1 atom stereocenters. The van der Waals surface area contributed by atoms with E-state index in [-0.39, 0.29) is 12.2 Å². The highest BCUT2D eigenvalue weighted by molar-refractivity contribution is 5.90. The van der Waals surface area contributed by atoms with Crippen molar-refractivity contribution >= 4 is 11.9 Å². The highest BCUT2D eigenvalue weighted by atomic mass is 16.4. The molecule has 0 bridgehead atoms. The van der Waals surface area contributed by atoms with Gasteiger partial charge in [-0.2, -0.15) is 0 Å². The van der Waals surface area contributed by atoms with Gasteiger partial charge in [0.15, 0.2) is 0 Å². The zero-order chi connectivity index (χ0) is 15.2. The SMILES string of the molecule is Cc1nc(C(=O)NC(CCC(=O)O)c2ccccc2)n[nH]1. The Kier molecular flexibility index (Phi) is 4.65. The topological polar surface area (TPSA) is 108 Å². The molecule has 1 heterocycles. The van der Waals surface area contributed by atoms with Gasteiger partial charge < -0.3 is 10.4 Å². The number of nitrogens with one attached hydrogen (secondary N) is 2. The number of carboxylic acids is 1. The summed E-state index contributed by atoms with van der Waals surface area (Å²) in [6, 6.07) is 8.83. The number of rotatable bonds is 6. The summed E-state index contributed by atoms with van der Waals surface area (Å²) in [5, 5.41) is 18.0. The molecule has 2 rings (SSSR count). The van der Waals surface area contributed by atoms with Gasteiger partial charge in [-0.25, -0.2) is 4.98 Å². The molecule has 0 aliphatic carbocycles. The first-order valence-electron chi connectivity index (χ1n) is 6.53. The van der Waals surface area contributed by atoms with Gasteiger partial charge in [-0.3, -0.25) is 14.7 Å². The van der Waals surface area contributed by atoms with Crippen LogP contribution in [0.25, 0.3) is 0 Å². The second kappa shape index (κ2) is 6.65. The van der Waals surface area contributed by atoms with E-state index in [0.717, 1.165) is 5.56 Å². The van der Waals surface area contributed by atoms with Crippen LogP contribution in [-0.4, -0.2) is 32.2 Å². The quantitative estimate of drug-likeness (QED) is 0.745. The number of aromatic nitrogens is 3. The third-order valence-corrected chi connectivity index (χ3v) is 2.95. The molecule has 7 heteroatoms. The third kappa shape index (κ3) is 4.13. The molecule has 0 aliphatic heterocycles. The van der Waals surface area contributed by atoms with Crippen molar-refractivity contribution < 1.29 is 14.7 Å². The summed E-state index contributed by atoms with van der Waals surface area (Å²) in [7, 11) is 0. The summed E-state index contributed by atoms with van der Waals surface area (Å²) in [6.07, 6.45) is 0.265. The van der Waals surface area contributed by atoms with Crippen molar-refractivity contribution in [2.45, 2.75) is 25.8 Å². The van der Waals surface area contributed by atoms with Crippen LogP contribution in [0.15, 0.2) is 30.3 Å². The van der Waals surface area contributed by atoms with Gasteiger partial charge in [0.1, 0.15) is 5.82 Å². The predicted molar refractivity (Wildman–Crippen MR) is 74.6 cm³/mol. The molecule has 1 unspecified atom stereocenters.